The quantitative estimate of drug-likeness (QED) is 0.562. The molecule has 122 valence electrons. The van der Waals surface area contributed by atoms with E-state index in [1.165, 1.54) is 5.19 Å². The molecular weight excluding hydrogens is 340 g/mol. The third kappa shape index (κ3) is 4.88. The average Bonchev–Trinajstić information content (AvgIpc) is 2.45. The van der Waals surface area contributed by atoms with Gasteiger partial charge in [-0.05, 0) is 62.2 Å². The summed E-state index contributed by atoms with van der Waals surface area (Å²) in [4.78, 5) is 12.5. The van der Waals surface area contributed by atoms with Crippen LogP contribution in [0.15, 0.2) is 48.5 Å². The molecule has 2 nitrogen and oxygen atoms in total. The molecule has 0 aliphatic rings. The van der Waals surface area contributed by atoms with E-state index in [-0.39, 0.29) is 5.78 Å². The van der Waals surface area contributed by atoms with Crippen LogP contribution in [-0.4, -0.2) is 22.4 Å². The van der Waals surface area contributed by atoms with Crippen molar-refractivity contribution in [2.75, 3.05) is 0 Å². The average molecular weight is 363 g/mol. The Labute approximate surface area is 145 Å². The molecule has 0 radical (unpaired) electrons. The Hall–Kier alpha value is -1.21. The third-order valence-electron chi connectivity index (χ3n) is 3.51. The molecule has 0 aromatic heterocycles. The van der Waals surface area contributed by atoms with Gasteiger partial charge in [0.1, 0.15) is 0 Å². The Kier molecular flexibility index (Phi) is 5.31. The van der Waals surface area contributed by atoms with E-state index in [4.69, 9.17) is 15.7 Å². The van der Waals surface area contributed by atoms with E-state index in [9.17, 15) is 4.79 Å². The predicted molar refractivity (Wildman–Crippen MR) is 103 cm³/mol. The first-order valence-electron chi connectivity index (χ1n) is 7.69. The third-order valence-corrected chi connectivity index (χ3v) is 9.98. The van der Waals surface area contributed by atoms with Crippen LogP contribution >= 0.6 is 11.6 Å². The van der Waals surface area contributed by atoms with Crippen molar-refractivity contribution in [2.45, 2.75) is 32.7 Å². The second-order valence-corrected chi connectivity index (χ2v) is 16.2. The minimum absolute atomic E-state index is 0.0128. The van der Waals surface area contributed by atoms with Gasteiger partial charge in [-0.3, -0.25) is 4.79 Å². The Bertz CT molecular complexity index is 686. The highest BCUT2D eigenvalue weighted by Crippen LogP contribution is 2.16. The van der Waals surface area contributed by atoms with E-state index >= 15 is 0 Å². The maximum atomic E-state index is 12.5. The lowest BCUT2D eigenvalue weighted by Gasteiger charge is -2.31. The van der Waals surface area contributed by atoms with Gasteiger partial charge in [0, 0.05) is 16.1 Å². The molecule has 0 N–H and O–H groups in total. The molecule has 0 aliphatic heterocycles. The summed E-state index contributed by atoms with van der Waals surface area (Å²) in [5, 5.41) is 1.85. The van der Waals surface area contributed by atoms with E-state index in [0.717, 1.165) is 0 Å². The Balaban J connectivity index is 2.22. The molecule has 0 bridgehead atoms. The molecule has 2 aromatic carbocycles. The molecular formula is C18H23ClO2Si2. The zero-order valence-electron chi connectivity index (χ0n) is 14.3. The molecule has 0 saturated carbocycles. The normalized spacial score (nSPS) is 12.3. The number of halogens is 1. The van der Waals surface area contributed by atoms with E-state index in [1.807, 2.05) is 24.3 Å². The Morgan fingerprint density at radius 1 is 0.826 bits per heavy atom. The molecule has 0 saturated heterocycles. The van der Waals surface area contributed by atoms with Crippen molar-refractivity contribution in [3.63, 3.8) is 0 Å². The smallest absolute Gasteiger partial charge is 0.205 e. The maximum Gasteiger partial charge on any atom is 0.205 e. The first-order chi connectivity index (χ1) is 10.6. The van der Waals surface area contributed by atoms with E-state index < -0.39 is 16.6 Å². The fourth-order valence-corrected chi connectivity index (χ4v) is 10.3. The maximum absolute atomic E-state index is 12.5. The zero-order valence-corrected chi connectivity index (χ0v) is 17.1. The van der Waals surface area contributed by atoms with Crippen molar-refractivity contribution < 1.29 is 8.91 Å². The van der Waals surface area contributed by atoms with Gasteiger partial charge < -0.3 is 4.12 Å². The fraction of sp³-hybridized carbons (Fsp3) is 0.278. The van der Waals surface area contributed by atoms with Gasteiger partial charge in [0.2, 0.25) is 8.32 Å². The molecule has 0 heterocycles. The highest BCUT2D eigenvalue weighted by atomic mass is 35.5. The lowest BCUT2D eigenvalue weighted by Crippen LogP contribution is -2.51. The Morgan fingerprint density at radius 2 is 1.26 bits per heavy atom. The van der Waals surface area contributed by atoms with Crippen molar-refractivity contribution >= 4 is 39.2 Å². The second kappa shape index (κ2) is 6.73. The van der Waals surface area contributed by atoms with Crippen LogP contribution in [0.25, 0.3) is 0 Å². The number of carbonyl (C=O) groups excluding carboxylic acids is 1. The van der Waals surface area contributed by atoms with Gasteiger partial charge in [0.05, 0.1) is 0 Å². The predicted octanol–water partition coefficient (Wildman–Crippen LogP) is 4.83. The van der Waals surface area contributed by atoms with Crippen LogP contribution in [-0.2, 0) is 4.12 Å². The molecule has 2 rings (SSSR count). The van der Waals surface area contributed by atoms with Crippen molar-refractivity contribution in [1.29, 1.82) is 0 Å². The molecule has 0 atom stereocenters. The topological polar surface area (TPSA) is 26.3 Å². The van der Waals surface area contributed by atoms with Crippen LogP contribution < -0.4 is 5.19 Å². The van der Waals surface area contributed by atoms with Gasteiger partial charge in [0.25, 0.3) is 0 Å². The van der Waals surface area contributed by atoms with E-state index in [0.29, 0.717) is 16.1 Å². The highest BCUT2D eigenvalue weighted by molar-refractivity contribution is 6.92. The second-order valence-electron chi connectivity index (χ2n) is 7.14. The molecule has 5 heteroatoms. The van der Waals surface area contributed by atoms with Crippen LogP contribution in [0.1, 0.15) is 15.9 Å². The van der Waals surface area contributed by atoms with Crippen LogP contribution in [0.5, 0.6) is 0 Å². The van der Waals surface area contributed by atoms with Gasteiger partial charge in [-0.25, -0.2) is 0 Å². The number of hydrogen-bond acceptors (Lipinski definition) is 2. The number of rotatable bonds is 5. The number of hydrogen-bond donors (Lipinski definition) is 0. The van der Waals surface area contributed by atoms with Crippen molar-refractivity contribution in [3.05, 3.63) is 64.7 Å². The molecule has 0 unspecified atom stereocenters. The molecule has 0 spiro atoms. The van der Waals surface area contributed by atoms with Gasteiger partial charge in [-0.15, -0.1) is 0 Å². The first kappa shape index (κ1) is 18.1. The molecule has 0 fully saturated rings. The zero-order chi connectivity index (χ0) is 17.3. The van der Waals surface area contributed by atoms with Crippen molar-refractivity contribution in [2.24, 2.45) is 0 Å². The Morgan fingerprint density at radius 3 is 1.70 bits per heavy atom. The summed E-state index contributed by atoms with van der Waals surface area (Å²) in [7, 11) is -3.51. The van der Waals surface area contributed by atoms with Crippen molar-refractivity contribution in [1.82, 2.24) is 0 Å². The lowest BCUT2D eigenvalue weighted by molar-refractivity contribution is 0.103. The molecule has 2 aromatic rings. The number of benzene rings is 2. The van der Waals surface area contributed by atoms with Crippen LogP contribution in [0.3, 0.4) is 0 Å². The minimum atomic E-state index is -1.93. The largest absolute Gasteiger partial charge is 0.452 e. The number of carbonyl (C=O) groups is 1. The summed E-state index contributed by atoms with van der Waals surface area (Å²) in [6, 6.07) is 14.9. The van der Waals surface area contributed by atoms with Crippen molar-refractivity contribution in [3.8, 4) is 0 Å². The number of ketones is 1. The summed E-state index contributed by atoms with van der Waals surface area (Å²) in [5.74, 6) is 0.0128. The van der Waals surface area contributed by atoms with Gasteiger partial charge in [0.15, 0.2) is 14.1 Å². The SMILES string of the molecule is C[Si](C)(C)O[Si](C)(C)c1ccc(C(=O)c2ccc(Cl)cc2)cc1. The summed E-state index contributed by atoms with van der Waals surface area (Å²) in [6.07, 6.45) is 0. The molecule has 23 heavy (non-hydrogen) atoms. The first-order valence-corrected chi connectivity index (χ1v) is 14.4. The van der Waals surface area contributed by atoms with E-state index in [1.54, 1.807) is 24.3 Å². The highest BCUT2D eigenvalue weighted by Gasteiger charge is 2.31. The van der Waals surface area contributed by atoms with Gasteiger partial charge >= 0.3 is 0 Å². The molecule has 0 aliphatic carbocycles. The summed E-state index contributed by atoms with van der Waals surface area (Å²) >= 11 is 5.87. The summed E-state index contributed by atoms with van der Waals surface area (Å²) < 4.78 is 6.39. The summed E-state index contributed by atoms with van der Waals surface area (Å²) in [6.45, 7) is 11.0. The summed E-state index contributed by atoms with van der Waals surface area (Å²) in [5.41, 5.74) is 1.34. The standard InChI is InChI=1S/C18H23ClO2Si2/c1-22(2,3)21-23(4,5)17-12-8-15(9-13-17)18(20)14-6-10-16(19)11-7-14/h6-13H,1-5H3. The van der Waals surface area contributed by atoms with Crippen LogP contribution in [0.4, 0.5) is 0 Å². The molecule has 0 amide bonds. The van der Waals surface area contributed by atoms with Crippen LogP contribution in [0, 0.1) is 0 Å². The fourth-order valence-electron chi connectivity index (χ4n) is 2.62. The van der Waals surface area contributed by atoms with Gasteiger partial charge in [-0.2, -0.15) is 0 Å². The monoisotopic (exact) mass is 362 g/mol. The van der Waals surface area contributed by atoms with E-state index in [2.05, 4.69) is 32.7 Å². The lowest BCUT2D eigenvalue weighted by atomic mass is 10.0. The van der Waals surface area contributed by atoms with Gasteiger partial charge in [-0.1, -0.05) is 35.9 Å². The minimum Gasteiger partial charge on any atom is -0.452 e. The van der Waals surface area contributed by atoms with Crippen LogP contribution in [0.2, 0.25) is 37.8 Å².